The van der Waals surface area contributed by atoms with Crippen LogP contribution < -0.4 is 5.32 Å². The van der Waals surface area contributed by atoms with Crippen molar-refractivity contribution in [2.45, 2.75) is 10.1 Å². The van der Waals surface area contributed by atoms with Crippen molar-refractivity contribution in [1.29, 1.82) is 0 Å². The molecule has 116 valence electrons. The van der Waals surface area contributed by atoms with Gasteiger partial charge in [-0.3, -0.25) is 10.1 Å². The minimum Gasteiger partial charge on any atom is -0.294 e. The summed E-state index contributed by atoms with van der Waals surface area (Å²) >= 11 is 1.34. The molecule has 1 amide bonds. The minimum absolute atomic E-state index is 0.234. The molecule has 0 fully saturated rings. The first-order valence-corrected chi connectivity index (χ1v) is 7.74. The van der Waals surface area contributed by atoms with Crippen molar-refractivity contribution in [3.63, 3.8) is 0 Å². The van der Waals surface area contributed by atoms with E-state index >= 15 is 0 Å². The summed E-state index contributed by atoms with van der Waals surface area (Å²) in [7, 11) is 0. The number of rotatable bonds is 5. The zero-order valence-corrected chi connectivity index (χ0v) is 12.8. The highest BCUT2D eigenvalue weighted by Gasteiger charge is 2.22. The molecule has 0 saturated heterocycles. The molecular formula is C16H13FN4OS. The lowest BCUT2D eigenvalue weighted by Gasteiger charge is -2.16. The van der Waals surface area contributed by atoms with Crippen molar-refractivity contribution in [2.75, 3.05) is 5.32 Å². The van der Waals surface area contributed by atoms with Gasteiger partial charge in [-0.05, 0) is 29.8 Å². The highest BCUT2D eigenvalue weighted by Crippen LogP contribution is 2.36. The van der Waals surface area contributed by atoms with Gasteiger partial charge in [0.1, 0.15) is 17.4 Å². The number of aromatic amines is 1. The Balaban J connectivity index is 1.84. The number of halogens is 1. The smallest absolute Gasteiger partial charge is 0.244 e. The third-order valence-electron chi connectivity index (χ3n) is 3.06. The van der Waals surface area contributed by atoms with Gasteiger partial charge in [0, 0.05) is 4.90 Å². The van der Waals surface area contributed by atoms with Crippen molar-refractivity contribution in [3.05, 3.63) is 72.3 Å². The van der Waals surface area contributed by atoms with Crippen LogP contribution in [0.5, 0.6) is 0 Å². The van der Waals surface area contributed by atoms with Crippen LogP contribution in [0.25, 0.3) is 0 Å². The van der Waals surface area contributed by atoms with Crippen LogP contribution in [0, 0.1) is 5.82 Å². The Bertz CT molecular complexity index is 763. The molecule has 2 N–H and O–H groups in total. The highest BCUT2D eigenvalue weighted by atomic mass is 32.2. The van der Waals surface area contributed by atoms with Crippen molar-refractivity contribution in [2.24, 2.45) is 0 Å². The lowest BCUT2D eigenvalue weighted by molar-refractivity contribution is -0.115. The topological polar surface area (TPSA) is 70.7 Å². The van der Waals surface area contributed by atoms with Crippen LogP contribution in [0.4, 0.5) is 10.3 Å². The Labute approximate surface area is 136 Å². The lowest BCUT2D eigenvalue weighted by atomic mass is 10.1. The quantitative estimate of drug-likeness (QED) is 0.704. The average molecular weight is 328 g/mol. The molecular weight excluding hydrogens is 315 g/mol. The molecule has 7 heteroatoms. The Morgan fingerprint density at radius 3 is 2.52 bits per heavy atom. The van der Waals surface area contributed by atoms with E-state index in [4.69, 9.17) is 0 Å². The molecule has 1 heterocycles. The number of hydrogen-bond donors (Lipinski definition) is 2. The Morgan fingerprint density at radius 1 is 1.13 bits per heavy atom. The second-order valence-electron chi connectivity index (χ2n) is 4.69. The van der Waals surface area contributed by atoms with E-state index in [1.807, 2.05) is 30.3 Å². The van der Waals surface area contributed by atoms with E-state index in [2.05, 4.69) is 20.5 Å². The number of carbonyl (C=O) groups is 1. The van der Waals surface area contributed by atoms with Crippen LogP contribution in [-0.2, 0) is 4.79 Å². The zero-order valence-electron chi connectivity index (χ0n) is 11.9. The van der Waals surface area contributed by atoms with Crippen LogP contribution in [-0.4, -0.2) is 21.1 Å². The number of benzene rings is 2. The summed E-state index contributed by atoms with van der Waals surface area (Å²) in [6.45, 7) is 0. The third kappa shape index (κ3) is 3.95. The number of carbonyl (C=O) groups excluding carboxylic acids is 1. The van der Waals surface area contributed by atoms with E-state index in [-0.39, 0.29) is 17.7 Å². The van der Waals surface area contributed by atoms with Crippen LogP contribution in [0.2, 0.25) is 0 Å². The summed E-state index contributed by atoms with van der Waals surface area (Å²) in [5.41, 5.74) is 0.846. The van der Waals surface area contributed by atoms with Crippen LogP contribution >= 0.6 is 11.8 Å². The third-order valence-corrected chi connectivity index (χ3v) is 4.33. The maximum absolute atomic E-state index is 13.0. The summed E-state index contributed by atoms with van der Waals surface area (Å²) in [5.74, 6) is -0.255. The van der Waals surface area contributed by atoms with Gasteiger partial charge in [-0.25, -0.2) is 9.49 Å². The number of amides is 1. The van der Waals surface area contributed by atoms with Gasteiger partial charge in [0.2, 0.25) is 11.9 Å². The van der Waals surface area contributed by atoms with Gasteiger partial charge in [-0.2, -0.15) is 10.1 Å². The van der Waals surface area contributed by atoms with E-state index in [0.29, 0.717) is 0 Å². The first-order chi connectivity index (χ1) is 11.2. The van der Waals surface area contributed by atoms with Gasteiger partial charge in [0.25, 0.3) is 0 Å². The molecule has 0 aliphatic heterocycles. The summed E-state index contributed by atoms with van der Waals surface area (Å²) < 4.78 is 13.0. The second kappa shape index (κ2) is 7.06. The predicted octanol–water partition coefficient (Wildman–Crippen LogP) is 3.42. The van der Waals surface area contributed by atoms with Gasteiger partial charge < -0.3 is 0 Å². The van der Waals surface area contributed by atoms with Crippen molar-refractivity contribution >= 4 is 23.6 Å². The molecule has 1 atom stereocenters. The predicted molar refractivity (Wildman–Crippen MR) is 86.5 cm³/mol. The summed E-state index contributed by atoms with van der Waals surface area (Å²) in [4.78, 5) is 17.3. The number of H-pyrrole nitrogens is 1. The van der Waals surface area contributed by atoms with Crippen LogP contribution in [0.1, 0.15) is 10.8 Å². The molecule has 23 heavy (non-hydrogen) atoms. The first-order valence-electron chi connectivity index (χ1n) is 6.86. The van der Waals surface area contributed by atoms with E-state index in [0.717, 1.165) is 10.5 Å². The highest BCUT2D eigenvalue weighted by molar-refractivity contribution is 8.00. The van der Waals surface area contributed by atoms with Gasteiger partial charge in [-0.15, -0.1) is 11.8 Å². The van der Waals surface area contributed by atoms with Crippen molar-refractivity contribution in [3.8, 4) is 0 Å². The monoisotopic (exact) mass is 328 g/mol. The largest absolute Gasteiger partial charge is 0.294 e. The van der Waals surface area contributed by atoms with Gasteiger partial charge in [0.05, 0.1) is 0 Å². The molecule has 0 bridgehead atoms. The molecule has 2 aromatic carbocycles. The number of hydrogen-bond acceptors (Lipinski definition) is 4. The molecule has 0 unspecified atom stereocenters. The van der Waals surface area contributed by atoms with E-state index in [1.54, 1.807) is 12.1 Å². The number of nitrogens with one attached hydrogen (secondary N) is 2. The Kier molecular flexibility index (Phi) is 4.68. The molecule has 3 rings (SSSR count). The van der Waals surface area contributed by atoms with Gasteiger partial charge in [-0.1, -0.05) is 30.3 Å². The molecule has 0 radical (unpaired) electrons. The summed E-state index contributed by atoms with van der Waals surface area (Å²) in [6, 6.07) is 15.4. The maximum Gasteiger partial charge on any atom is 0.244 e. The first kappa shape index (κ1) is 15.2. The SMILES string of the molecule is O=C(Nc1ncn[nH]1)[C@@H](Sc1ccc(F)cc1)c1ccccc1. The fraction of sp³-hybridized carbons (Fsp3) is 0.0625. The zero-order chi connectivity index (χ0) is 16.1. The normalized spacial score (nSPS) is 11.9. The number of anilines is 1. The minimum atomic E-state index is -0.494. The molecule has 5 nitrogen and oxygen atoms in total. The molecule has 0 aliphatic carbocycles. The molecule has 1 aromatic heterocycles. The van der Waals surface area contributed by atoms with Crippen LogP contribution in [0.3, 0.4) is 0 Å². The van der Waals surface area contributed by atoms with Gasteiger partial charge >= 0.3 is 0 Å². The lowest BCUT2D eigenvalue weighted by Crippen LogP contribution is -2.19. The summed E-state index contributed by atoms with van der Waals surface area (Å²) in [5, 5.41) is 8.49. The van der Waals surface area contributed by atoms with E-state index < -0.39 is 5.25 Å². The Hall–Kier alpha value is -2.67. The second-order valence-corrected chi connectivity index (χ2v) is 5.86. The van der Waals surface area contributed by atoms with Gasteiger partial charge in [0.15, 0.2) is 0 Å². The molecule has 0 saturated carbocycles. The number of aromatic nitrogens is 3. The molecule has 3 aromatic rings. The fourth-order valence-corrected chi connectivity index (χ4v) is 3.02. The standard InChI is InChI=1S/C16H13FN4OS/c17-12-6-8-13(9-7-12)23-14(11-4-2-1-3-5-11)15(22)20-16-18-10-19-21-16/h1-10,14H,(H2,18,19,20,21,22)/t14-/m0/s1. The van der Waals surface area contributed by atoms with E-state index in [9.17, 15) is 9.18 Å². The van der Waals surface area contributed by atoms with Crippen molar-refractivity contribution in [1.82, 2.24) is 15.2 Å². The van der Waals surface area contributed by atoms with E-state index in [1.165, 1.54) is 30.2 Å². The average Bonchev–Trinajstić information content (AvgIpc) is 3.08. The maximum atomic E-state index is 13.0. The Morgan fingerprint density at radius 2 is 1.87 bits per heavy atom. The molecule has 0 spiro atoms. The fourth-order valence-electron chi connectivity index (χ4n) is 2.00. The number of thioether (sulfide) groups is 1. The number of nitrogens with zero attached hydrogens (tertiary/aromatic N) is 2. The summed E-state index contributed by atoms with van der Waals surface area (Å²) in [6.07, 6.45) is 1.32. The van der Waals surface area contributed by atoms with Crippen LogP contribution in [0.15, 0.2) is 65.8 Å². The van der Waals surface area contributed by atoms with Crippen molar-refractivity contribution < 1.29 is 9.18 Å². The molecule has 0 aliphatic rings.